The second-order valence-corrected chi connectivity index (χ2v) is 5.57. The summed E-state index contributed by atoms with van der Waals surface area (Å²) in [7, 11) is 3.91. The highest BCUT2D eigenvalue weighted by molar-refractivity contribution is 6.31. The Morgan fingerprint density at radius 2 is 1.91 bits per heavy atom. The van der Waals surface area contributed by atoms with Crippen LogP contribution in [0.15, 0.2) is 41.4 Å². The quantitative estimate of drug-likeness (QED) is 0.479. The molecule has 0 amide bonds. The highest BCUT2D eigenvalue weighted by atomic mass is 35.5. The van der Waals surface area contributed by atoms with Crippen LogP contribution >= 0.6 is 11.6 Å². The van der Waals surface area contributed by atoms with Crippen LogP contribution in [0.2, 0.25) is 5.02 Å². The monoisotopic (exact) mass is 332 g/mol. The van der Waals surface area contributed by atoms with Gasteiger partial charge in [-0.2, -0.15) is 0 Å². The fourth-order valence-corrected chi connectivity index (χ4v) is 2.20. The molecule has 0 N–H and O–H groups in total. The molecule has 23 heavy (non-hydrogen) atoms. The average molecular weight is 333 g/mol. The predicted octanol–water partition coefficient (Wildman–Crippen LogP) is 3.01. The molecule has 0 atom stereocenters. The molecule has 0 spiro atoms. The minimum absolute atomic E-state index is 0.106. The molecule has 0 fully saturated rings. The van der Waals surface area contributed by atoms with Gasteiger partial charge in [0.25, 0.3) is 5.69 Å². The van der Waals surface area contributed by atoms with E-state index in [0.717, 1.165) is 17.3 Å². The van der Waals surface area contributed by atoms with Crippen LogP contribution in [0, 0.1) is 10.1 Å². The smallest absolute Gasteiger partial charge is 0.263 e. The van der Waals surface area contributed by atoms with Gasteiger partial charge in [0.15, 0.2) is 0 Å². The van der Waals surface area contributed by atoms with E-state index in [1.165, 1.54) is 12.3 Å². The fraction of sp³-hybridized carbons (Fsp3) is 0.188. The van der Waals surface area contributed by atoms with Gasteiger partial charge in [0.2, 0.25) is 0 Å². The van der Waals surface area contributed by atoms with Gasteiger partial charge in [0.05, 0.1) is 11.5 Å². The van der Waals surface area contributed by atoms with Gasteiger partial charge in [0, 0.05) is 37.1 Å². The van der Waals surface area contributed by atoms with E-state index in [2.05, 4.69) is 4.99 Å². The van der Waals surface area contributed by atoms with Gasteiger partial charge >= 0.3 is 0 Å². The van der Waals surface area contributed by atoms with Crippen LogP contribution in [-0.4, -0.2) is 25.2 Å². The van der Waals surface area contributed by atoms with E-state index < -0.39 is 16.4 Å². The summed E-state index contributed by atoms with van der Waals surface area (Å²) in [6.45, 7) is 0.369. The number of aliphatic imine (C=N–C) groups is 1. The number of anilines is 1. The van der Waals surface area contributed by atoms with Crippen molar-refractivity contribution in [3.63, 3.8) is 0 Å². The minimum atomic E-state index is -0.745. The summed E-state index contributed by atoms with van der Waals surface area (Å²) in [5, 5.41) is 22.9. The molecule has 0 aliphatic rings. The third-order valence-electron chi connectivity index (χ3n) is 3.22. The Balaban J connectivity index is 2.16. The summed E-state index contributed by atoms with van der Waals surface area (Å²) in [6, 6.07) is 10.2. The van der Waals surface area contributed by atoms with Gasteiger partial charge in [-0.25, -0.2) is 0 Å². The predicted molar refractivity (Wildman–Crippen MR) is 89.6 cm³/mol. The van der Waals surface area contributed by atoms with Crippen molar-refractivity contribution in [3.05, 3.63) is 62.7 Å². The van der Waals surface area contributed by atoms with Gasteiger partial charge in [-0.3, -0.25) is 15.1 Å². The number of halogens is 1. The van der Waals surface area contributed by atoms with Crippen LogP contribution < -0.4 is 10.0 Å². The van der Waals surface area contributed by atoms with Crippen molar-refractivity contribution in [2.45, 2.75) is 6.54 Å². The Labute approximate surface area is 138 Å². The van der Waals surface area contributed by atoms with Crippen LogP contribution in [-0.2, 0) is 6.54 Å². The fourth-order valence-electron chi connectivity index (χ4n) is 1.98. The maximum atomic E-state index is 11.9. The second-order valence-electron chi connectivity index (χ2n) is 5.13. The number of nitro groups is 1. The lowest BCUT2D eigenvalue weighted by molar-refractivity contribution is -0.398. The molecule has 0 aliphatic heterocycles. The SMILES string of the molecule is CN(C)c1ccc(CN=Cc2cc(Cl)cc([N+](=O)[O-])c2[O-])cc1. The maximum Gasteiger partial charge on any atom is 0.263 e. The molecule has 0 saturated carbocycles. The number of hydrogen-bond acceptors (Lipinski definition) is 5. The van der Waals surface area contributed by atoms with Crippen LogP contribution in [0.1, 0.15) is 11.1 Å². The Bertz CT molecular complexity index is 743. The van der Waals surface area contributed by atoms with Crippen molar-refractivity contribution in [1.29, 1.82) is 0 Å². The second kappa shape index (κ2) is 7.11. The number of benzene rings is 2. The van der Waals surface area contributed by atoms with E-state index in [9.17, 15) is 15.2 Å². The first-order valence-corrected chi connectivity index (χ1v) is 7.17. The average Bonchev–Trinajstić information content (AvgIpc) is 2.50. The summed E-state index contributed by atoms with van der Waals surface area (Å²) < 4.78 is 0. The molecule has 0 aliphatic carbocycles. The van der Waals surface area contributed by atoms with E-state index in [1.807, 2.05) is 43.3 Å². The molecule has 2 rings (SSSR count). The van der Waals surface area contributed by atoms with Crippen molar-refractivity contribution in [3.8, 4) is 5.75 Å². The molecule has 2 aromatic carbocycles. The molecule has 120 valence electrons. The zero-order valence-electron chi connectivity index (χ0n) is 12.7. The number of nitrogens with zero attached hydrogens (tertiary/aromatic N) is 3. The van der Waals surface area contributed by atoms with Crippen molar-refractivity contribution < 1.29 is 10.0 Å². The standard InChI is InChI=1S/C16H16ClN3O3/c1-19(2)14-5-3-11(4-6-14)9-18-10-12-7-13(17)8-15(16(12)21)20(22)23/h3-8,10,21H,9H2,1-2H3/p-1. The summed E-state index contributed by atoms with van der Waals surface area (Å²) in [4.78, 5) is 16.2. The minimum Gasteiger partial charge on any atom is -0.867 e. The van der Waals surface area contributed by atoms with Crippen molar-refractivity contribution in [2.24, 2.45) is 4.99 Å². The number of nitro benzene ring substituents is 1. The lowest BCUT2D eigenvalue weighted by Gasteiger charge is -2.12. The largest absolute Gasteiger partial charge is 0.867 e. The normalized spacial score (nSPS) is 10.9. The number of hydrogen-bond donors (Lipinski definition) is 0. The zero-order chi connectivity index (χ0) is 17.0. The Hall–Kier alpha value is -2.60. The molecule has 0 bridgehead atoms. The highest BCUT2D eigenvalue weighted by Crippen LogP contribution is 2.30. The third kappa shape index (κ3) is 4.20. The Kier molecular flexibility index (Phi) is 5.18. The van der Waals surface area contributed by atoms with E-state index in [1.54, 1.807) is 0 Å². The molecule has 6 nitrogen and oxygen atoms in total. The van der Waals surface area contributed by atoms with E-state index >= 15 is 0 Å². The van der Waals surface area contributed by atoms with E-state index in [4.69, 9.17) is 11.6 Å². The highest BCUT2D eigenvalue weighted by Gasteiger charge is 2.11. The first-order valence-electron chi connectivity index (χ1n) is 6.79. The Morgan fingerprint density at radius 1 is 1.26 bits per heavy atom. The lowest BCUT2D eigenvalue weighted by atomic mass is 10.2. The van der Waals surface area contributed by atoms with Crippen molar-refractivity contribution >= 4 is 29.2 Å². The zero-order valence-corrected chi connectivity index (χ0v) is 13.4. The summed E-state index contributed by atoms with van der Waals surface area (Å²) in [5.41, 5.74) is 1.60. The molecular weight excluding hydrogens is 318 g/mol. The van der Waals surface area contributed by atoms with Gasteiger partial charge in [-0.15, -0.1) is 0 Å². The summed E-state index contributed by atoms with van der Waals surface area (Å²) >= 11 is 5.80. The van der Waals surface area contributed by atoms with Crippen molar-refractivity contribution in [1.82, 2.24) is 0 Å². The van der Waals surface area contributed by atoms with E-state index in [0.29, 0.717) is 6.54 Å². The molecule has 0 radical (unpaired) electrons. The molecule has 0 saturated heterocycles. The van der Waals surface area contributed by atoms with Crippen LogP contribution in [0.25, 0.3) is 0 Å². The molecule has 7 heteroatoms. The Morgan fingerprint density at radius 3 is 2.48 bits per heavy atom. The van der Waals surface area contributed by atoms with Gasteiger partial charge in [-0.1, -0.05) is 23.7 Å². The van der Waals surface area contributed by atoms with Gasteiger partial charge in [-0.05, 0) is 35.1 Å². The molecule has 0 heterocycles. The summed E-state index contributed by atoms with van der Waals surface area (Å²) in [6.07, 6.45) is 1.32. The maximum absolute atomic E-state index is 11.9. The first-order chi connectivity index (χ1) is 10.9. The van der Waals surface area contributed by atoms with Crippen LogP contribution in [0.3, 0.4) is 0 Å². The summed E-state index contributed by atoms with van der Waals surface area (Å²) in [5.74, 6) is -0.689. The molecular formula is C16H15ClN3O3-. The van der Waals surface area contributed by atoms with Gasteiger partial charge < -0.3 is 10.0 Å². The first kappa shape index (κ1) is 16.8. The van der Waals surface area contributed by atoms with Crippen LogP contribution in [0.5, 0.6) is 5.75 Å². The number of rotatable bonds is 5. The van der Waals surface area contributed by atoms with Crippen molar-refractivity contribution in [2.75, 3.05) is 19.0 Å². The third-order valence-corrected chi connectivity index (χ3v) is 3.43. The van der Waals surface area contributed by atoms with Crippen LogP contribution in [0.4, 0.5) is 11.4 Å². The lowest BCUT2D eigenvalue weighted by Crippen LogP contribution is -2.08. The van der Waals surface area contributed by atoms with Gasteiger partial charge in [0.1, 0.15) is 0 Å². The topological polar surface area (TPSA) is 81.8 Å². The molecule has 2 aromatic rings. The van der Waals surface area contributed by atoms with E-state index in [-0.39, 0.29) is 10.6 Å². The molecule has 0 aromatic heterocycles. The molecule has 0 unspecified atom stereocenters.